The summed E-state index contributed by atoms with van der Waals surface area (Å²) in [6.07, 6.45) is 12.3. The van der Waals surface area contributed by atoms with Crippen molar-refractivity contribution in [2.24, 2.45) is 5.41 Å². The molecule has 0 aromatic carbocycles. The van der Waals surface area contributed by atoms with Crippen LogP contribution in [0, 0.1) is 16.7 Å². The van der Waals surface area contributed by atoms with E-state index in [2.05, 4.69) is 39.6 Å². The van der Waals surface area contributed by atoms with E-state index in [1.165, 1.54) is 30.4 Å². The lowest BCUT2D eigenvalue weighted by atomic mass is 9.93. The molecule has 2 heterocycles. The standard InChI is InChI=1S/C25H26N4O/c1-25(2,15-26)16-28-24(30)22-10-6-9-21(29-22)20-12-19-11-18(13-23(19)27-14-20)17-7-4-3-5-8-17/h6-7,9-12,14H,3-5,8,13,16H2,1-2H3,(H,28,30). The summed E-state index contributed by atoms with van der Waals surface area (Å²) >= 11 is 0. The summed E-state index contributed by atoms with van der Waals surface area (Å²) in [6.45, 7) is 3.86. The minimum atomic E-state index is -0.616. The highest BCUT2D eigenvalue weighted by atomic mass is 16.1. The third-order valence-corrected chi connectivity index (χ3v) is 5.67. The molecule has 0 atom stereocenters. The number of nitrogens with zero attached hydrogens (tertiary/aromatic N) is 3. The third kappa shape index (κ3) is 4.33. The molecular formula is C25H26N4O. The number of hydrogen-bond acceptors (Lipinski definition) is 4. The van der Waals surface area contributed by atoms with E-state index in [1.54, 1.807) is 19.9 Å². The molecule has 1 N–H and O–H groups in total. The molecule has 0 bridgehead atoms. The molecule has 0 saturated carbocycles. The summed E-state index contributed by atoms with van der Waals surface area (Å²) in [5.74, 6) is -0.277. The first-order chi connectivity index (χ1) is 14.4. The van der Waals surface area contributed by atoms with Crippen LogP contribution in [0.1, 0.15) is 61.3 Å². The van der Waals surface area contributed by atoms with Crippen LogP contribution in [-0.4, -0.2) is 22.4 Å². The number of carbonyl (C=O) groups is 1. The lowest BCUT2D eigenvalue weighted by molar-refractivity contribution is 0.0939. The van der Waals surface area contributed by atoms with Gasteiger partial charge in [-0.05, 0) is 80.5 Å². The van der Waals surface area contributed by atoms with Gasteiger partial charge in [0, 0.05) is 24.7 Å². The molecule has 30 heavy (non-hydrogen) atoms. The number of aromatic nitrogens is 2. The van der Waals surface area contributed by atoms with Gasteiger partial charge in [0.05, 0.1) is 22.9 Å². The minimum absolute atomic E-state index is 0.276. The number of amides is 1. The van der Waals surface area contributed by atoms with Crippen molar-refractivity contribution in [3.05, 3.63) is 64.6 Å². The number of nitriles is 1. The van der Waals surface area contributed by atoms with E-state index in [1.807, 2.05) is 18.3 Å². The summed E-state index contributed by atoms with van der Waals surface area (Å²) in [6, 6.07) is 9.70. The Hall–Kier alpha value is -3.26. The first-order valence-electron chi connectivity index (χ1n) is 10.5. The maximum absolute atomic E-state index is 12.5. The summed E-state index contributed by atoms with van der Waals surface area (Å²) in [4.78, 5) is 21.7. The Bertz CT molecular complexity index is 1090. The van der Waals surface area contributed by atoms with Gasteiger partial charge in [-0.25, -0.2) is 4.98 Å². The molecule has 5 heteroatoms. The van der Waals surface area contributed by atoms with Crippen LogP contribution in [0.15, 0.2) is 47.7 Å². The average Bonchev–Trinajstić information content (AvgIpc) is 3.22. The number of allylic oxidation sites excluding steroid dienone is 3. The molecule has 2 aromatic heterocycles. The molecule has 1 amide bonds. The van der Waals surface area contributed by atoms with Crippen molar-refractivity contribution in [2.45, 2.75) is 46.0 Å². The van der Waals surface area contributed by atoms with Crippen molar-refractivity contribution < 1.29 is 4.79 Å². The second-order valence-electron chi connectivity index (χ2n) is 8.67. The van der Waals surface area contributed by atoms with Crippen LogP contribution in [0.2, 0.25) is 0 Å². The number of fused-ring (bicyclic) bond motifs is 1. The van der Waals surface area contributed by atoms with Crippen LogP contribution < -0.4 is 5.32 Å². The monoisotopic (exact) mass is 398 g/mol. The van der Waals surface area contributed by atoms with Gasteiger partial charge in [0.1, 0.15) is 5.69 Å². The van der Waals surface area contributed by atoms with E-state index < -0.39 is 5.41 Å². The van der Waals surface area contributed by atoms with E-state index >= 15 is 0 Å². The summed E-state index contributed by atoms with van der Waals surface area (Å²) in [5.41, 5.74) is 6.44. The maximum Gasteiger partial charge on any atom is 0.269 e. The van der Waals surface area contributed by atoms with Crippen LogP contribution in [0.5, 0.6) is 0 Å². The van der Waals surface area contributed by atoms with Gasteiger partial charge in [-0.3, -0.25) is 9.78 Å². The van der Waals surface area contributed by atoms with Crippen molar-refractivity contribution in [2.75, 3.05) is 6.54 Å². The molecule has 2 aliphatic rings. The van der Waals surface area contributed by atoms with E-state index in [0.717, 1.165) is 35.4 Å². The molecule has 0 saturated heterocycles. The van der Waals surface area contributed by atoms with Gasteiger partial charge in [0.25, 0.3) is 5.91 Å². The Balaban J connectivity index is 1.54. The zero-order valence-corrected chi connectivity index (χ0v) is 17.5. The topological polar surface area (TPSA) is 78.7 Å². The second-order valence-corrected chi connectivity index (χ2v) is 8.67. The number of hydrogen-bond donors (Lipinski definition) is 1. The quantitative estimate of drug-likeness (QED) is 0.780. The minimum Gasteiger partial charge on any atom is -0.349 e. The molecule has 0 aliphatic heterocycles. The summed E-state index contributed by atoms with van der Waals surface area (Å²) in [7, 11) is 0. The SMILES string of the molecule is CC(C)(C#N)CNC(=O)c1cccc(-c2cnc3c(c2)C=C(C2=CCCCC2)C3)n1. The Morgan fingerprint density at radius 3 is 2.90 bits per heavy atom. The van der Waals surface area contributed by atoms with Crippen molar-refractivity contribution in [3.63, 3.8) is 0 Å². The average molecular weight is 399 g/mol. The van der Waals surface area contributed by atoms with Gasteiger partial charge in [-0.1, -0.05) is 12.1 Å². The van der Waals surface area contributed by atoms with Gasteiger partial charge in [-0.15, -0.1) is 0 Å². The van der Waals surface area contributed by atoms with Crippen molar-refractivity contribution >= 4 is 12.0 Å². The Labute approximate surface area is 177 Å². The third-order valence-electron chi connectivity index (χ3n) is 5.67. The maximum atomic E-state index is 12.5. The van der Waals surface area contributed by atoms with Gasteiger partial charge in [0.15, 0.2) is 0 Å². The fourth-order valence-corrected chi connectivity index (χ4v) is 3.83. The Kier molecular flexibility index (Phi) is 5.50. The molecular weight excluding hydrogens is 372 g/mol. The highest BCUT2D eigenvalue weighted by Crippen LogP contribution is 2.34. The molecule has 0 fully saturated rings. The zero-order chi connectivity index (χ0) is 21.1. The highest BCUT2D eigenvalue weighted by Gasteiger charge is 2.20. The lowest BCUT2D eigenvalue weighted by Gasteiger charge is -2.15. The van der Waals surface area contributed by atoms with Crippen LogP contribution in [0.4, 0.5) is 0 Å². The van der Waals surface area contributed by atoms with E-state index in [9.17, 15) is 4.79 Å². The van der Waals surface area contributed by atoms with Crippen LogP contribution in [-0.2, 0) is 6.42 Å². The first kappa shape index (κ1) is 20.0. The largest absolute Gasteiger partial charge is 0.349 e. The second kappa shape index (κ2) is 8.23. The van der Waals surface area contributed by atoms with Gasteiger partial charge < -0.3 is 5.32 Å². The van der Waals surface area contributed by atoms with Crippen LogP contribution in [0.3, 0.4) is 0 Å². The first-order valence-corrected chi connectivity index (χ1v) is 10.5. The molecule has 152 valence electrons. The molecule has 2 aromatic rings. The summed E-state index contributed by atoms with van der Waals surface area (Å²) in [5, 5.41) is 11.9. The van der Waals surface area contributed by atoms with Crippen molar-refractivity contribution in [1.29, 1.82) is 5.26 Å². The van der Waals surface area contributed by atoms with Crippen LogP contribution >= 0.6 is 0 Å². The van der Waals surface area contributed by atoms with Crippen molar-refractivity contribution in [1.82, 2.24) is 15.3 Å². The van der Waals surface area contributed by atoms with E-state index in [4.69, 9.17) is 5.26 Å². The molecule has 4 rings (SSSR count). The molecule has 5 nitrogen and oxygen atoms in total. The van der Waals surface area contributed by atoms with E-state index in [0.29, 0.717) is 5.69 Å². The predicted molar refractivity (Wildman–Crippen MR) is 117 cm³/mol. The van der Waals surface area contributed by atoms with Crippen molar-refractivity contribution in [3.8, 4) is 17.3 Å². The fraction of sp³-hybridized carbons (Fsp3) is 0.360. The molecule has 0 unspecified atom stereocenters. The summed E-state index contributed by atoms with van der Waals surface area (Å²) < 4.78 is 0. The fourth-order valence-electron chi connectivity index (χ4n) is 3.83. The smallest absolute Gasteiger partial charge is 0.269 e. The lowest BCUT2D eigenvalue weighted by Crippen LogP contribution is -2.33. The van der Waals surface area contributed by atoms with Gasteiger partial charge >= 0.3 is 0 Å². The molecule has 0 radical (unpaired) electrons. The number of rotatable bonds is 5. The number of pyridine rings is 2. The molecule has 0 spiro atoms. The van der Waals surface area contributed by atoms with Crippen LogP contribution in [0.25, 0.3) is 17.3 Å². The molecule has 2 aliphatic carbocycles. The van der Waals surface area contributed by atoms with E-state index in [-0.39, 0.29) is 12.5 Å². The Morgan fingerprint density at radius 2 is 2.13 bits per heavy atom. The predicted octanol–water partition coefficient (Wildman–Crippen LogP) is 4.86. The Morgan fingerprint density at radius 1 is 1.27 bits per heavy atom. The highest BCUT2D eigenvalue weighted by molar-refractivity contribution is 5.92. The van der Waals surface area contributed by atoms with Gasteiger partial charge in [0.2, 0.25) is 0 Å². The van der Waals surface area contributed by atoms with Gasteiger partial charge in [-0.2, -0.15) is 5.26 Å². The number of carbonyl (C=O) groups excluding carboxylic acids is 1. The normalized spacial score (nSPS) is 15.6. The number of nitrogens with one attached hydrogen (secondary N) is 1. The zero-order valence-electron chi connectivity index (χ0n) is 17.5.